The lowest BCUT2D eigenvalue weighted by atomic mass is 10.1. The van der Waals surface area contributed by atoms with Crippen LogP contribution in [0.1, 0.15) is 16.1 Å². The molecule has 7 heteroatoms. The van der Waals surface area contributed by atoms with Crippen molar-refractivity contribution >= 4 is 11.7 Å². The number of carbonyl (C=O) groups excluding carboxylic acids is 1. The number of nitrogens with zero attached hydrogens (tertiary/aromatic N) is 1. The van der Waals surface area contributed by atoms with Crippen molar-refractivity contribution in [2.75, 3.05) is 6.79 Å². The first-order chi connectivity index (χ1) is 9.63. The maximum atomic E-state index is 12.0. The predicted molar refractivity (Wildman–Crippen MR) is 66.0 cm³/mol. The standard InChI is InChI=1S/C13H9NO6/c15-9(10-3-4-13(20-10)14(16)17)5-8-1-2-11-12(6-8)19-7-18-11/h1-4,6H,5,7H2. The highest BCUT2D eigenvalue weighted by Gasteiger charge is 2.19. The largest absolute Gasteiger partial charge is 0.454 e. The molecule has 0 spiro atoms. The fraction of sp³-hybridized carbons (Fsp3) is 0.154. The minimum atomic E-state index is -0.683. The predicted octanol–water partition coefficient (Wildman–Crippen LogP) is 2.34. The van der Waals surface area contributed by atoms with E-state index in [0.29, 0.717) is 11.5 Å². The summed E-state index contributed by atoms with van der Waals surface area (Å²) in [6, 6.07) is 7.62. The van der Waals surface area contributed by atoms with E-state index in [9.17, 15) is 14.9 Å². The number of ketones is 1. The number of benzene rings is 1. The molecule has 1 aromatic heterocycles. The van der Waals surface area contributed by atoms with Gasteiger partial charge < -0.3 is 13.9 Å². The van der Waals surface area contributed by atoms with Gasteiger partial charge in [-0.1, -0.05) is 6.07 Å². The molecule has 20 heavy (non-hydrogen) atoms. The molecule has 7 nitrogen and oxygen atoms in total. The molecule has 1 aromatic carbocycles. The number of fused-ring (bicyclic) bond motifs is 1. The van der Waals surface area contributed by atoms with E-state index in [4.69, 9.17) is 13.9 Å². The normalized spacial score (nSPS) is 12.4. The van der Waals surface area contributed by atoms with Gasteiger partial charge in [0, 0.05) is 6.42 Å². The molecular weight excluding hydrogens is 266 g/mol. The van der Waals surface area contributed by atoms with Crippen molar-refractivity contribution in [1.29, 1.82) is 0 Å². The van der Waals surface area contributed by atoms with Crippen LogP contribution in [0.15, 0.2) is 34.7 Å². The Hall–Kier alpha value is -2.83. The van der Waals surface area contributed by atoms with Crippen molar-refractivity contribution in [3.05, 3.63) is 51.8 Å². The van der Waals surface area contributed by atoms with E-state index in [1.54, 1.807) is 18.2 Å². The minimum Gasteiger partial charge on any atom is -0.454 e. The fourth-order valence-electron chi connectivity index (χ4n) is 1.90. The molecule has 0 fully saturated rings. The lowest BCUT2D eigenvalue weighted by Gasteiger charge is -2.01. The lowest BCUT2D eigenvalue weighted by molar-refractivity contribution is -0.402. The summed E-state index contributed by atoms with van der Waals surface area (Å²) in [5.41, 5.74) is 0.721. The van der Waals surface area contributed by atoms with E-state index in [2.05, 4.69) is 0 Å². The molecule has 0 saturated carbocycles. The van der Waals surface area contributed by atoms with Gasteiger partial charge in [0.05, 0.1) is 6.07 Å². The zero-order valence-corrected chi connectivity index (χ0v) is 10.2. The monoisotopic (exact) mass is 275 g/mol. The molecule has 0 amide bonds. The van der Waals surface area contributed by atoms with Crippen LogP contribution in [0, 0.1) is 10.1 Å². The van der Waals surface area contributed by atoms with Gasteiger partial charge in [0.25, 0.3) is 0 Å². The molecule has 0 radical (unpaired) electrons. The zero-order valence-electron chi connectivity index (χ0n) is 10.2. The molecule has 0 aliphatic carbocycles. The zero-order chi connectivity index (χ0) is 14.1. The third-order valence-corrected chi connectivity index (χ3v) is 2.85. The second kappa shape index (κ2) is 4.69. The number of furan rings is 1. The van der Waals surface area contributed by atoms with Crippen LogP contribution in [0.3, 0.4) is 0 Å². The van der Waals surface area contributed by atoms with Gasteiger partial charge in [-0.25, -0.2) is 0 Å². The van der Waals surface area contributed by atoms with Crippen LogP contribution in [0.2, 0.25) is 0 Å². The van der Waals surface area contributed by atoms with E-state index in [1.807, 2.05) is 0 Å². The summed E-state index contributed by atoms with van der Waals surface area (Å²) in [5.74, 6) is 0.404. The highest BCUT2D eigenvalue weighted by molar-refractivity contribution is 5.95. The van der Waals surface area contributed by atoms with Gasteiger partial charge >= 0.3 is 5.88 Å². The number of carbonyl (C=O) groups is 1. The summed E-state index contributed by atoms with van der Waals surface area (Å²) in [6.07, 6.45) is 0.0707. The number of ether oxygens (including phenoxy) is 2. The van der Waals surface area contributed by atoms with E-state index in [0.717, 1.165) is 11.6 Å². The van der Waals surface area contributed by atoms with Crippen molar-refractivity contribution in [2.45, 2.75) is 6.42 Å². The summed E-state index contributed by atoms with van der Waals surface area (Å²) in [6.45, 7) is 0.164. The van der Waals surface area contributed by atoms with Gasteiger partial charge in [0.1, 0.15) is 4.92 Å². The average molecular weight is 275 g/mol. The van der Waals surface area contributed by atoms with Crippen molar-refractivity contribution < 1.29 is 23.6 Å². The summed E-state index contributed by atoms with van der Waals surface area (Å²) in [4.78, 5) is 21.8. The SMILES string of the molecule is O=C(Cc1ccc2c(c1)OCO2)c1ccc([N+](=O)[O-])o1. The first kappa shape index (κ1) is 12.2. The van der Waals surface area contributed by atoms with Crippen molar-refractivity contribution in [1.82, 2.24) is 0 Å². The molecule has 102 valence electrons. The Labute approximate surface area is 112 Å². The molecule has 3 rings (SSSR count). The van der Waals surface area contributed by atoms with Gasteiger partial charge in [-0.2, -0.15) is 0 Å². The summed E-state index contributed by atoms with van der Waals surface area (Å²) < 4.78 is 15.3. The van der Waals surface area contributed by atoms with E-state index in [1.165, 1.54) is 6.07 Å². The maximum Gasteiger partial charge on any atom is 0.433 e. The van der Waals surface area contributed by atoms with Gasteiger partial charge in [0.15, 0.2) is 17.3 Å². The topological polar surface area (TPSA) is 91.8 Å². The number of nitro groups is 1. The van der Waals surface area contributed by atoms with Crippen LogP contribution in [0.4, 0.5) is 5.88 Å². The summed E-state index contributed by atoms with van der Waals surface area (Å²) in [7, 11) is 0. The Morgan fingerprint density at radius 2 is 2.00 bits per heavy atom. The van der Waals surface area contributed by atoms with Crippen molar-refractivity contribution in [3.63, 3.8) is 0 Å². The van der Waals surface area contributed by atoms with Gasteiger partial charge in [0.2, 0.25) is 12.6 Å². The van der Waals surface area contributed by atoms with Crippen LogP contribution >= 0.6 is 0 Å². The van der Waals surface area contributed by atoms with Gasteiger partial charge in [-0.3, -0.25) is 14.9 Å². The average Bonchev–Trinajstić information content (AvgIpc) is 3.07. The third kappa shape index (κ3) is 2.20. The number of Topliss-reactive ketones (excluding diaryl/α,β-unsaturated/α-hetero) is 1. The maximum absolute atomic E-state index is 12.0. The molecule has 2 heterocycles. The van der Waals surface area contributed by atoms with Crippen LogP contribution < -0.4 is 9.47 Å². The quantitative estimate of drug-likeness (QED) is 0.483. The smallest absolute Gasteiger partial charge is 0.433 e. The van der Waals surface area contributed by atoms with Crippen molar-refractivity contribution in [2.24, 2.45) is 0 Å². The third-order valence-electron chi connectivity index (χ3n) is 2.85. The van der Waals surface area contributed by atoms with Crippen LogP contribution in [0.25, 0.3) is 0 Å². The molecular formula is C13H9NO6. The van der Waals surface area contributed by atoms with Gasteiger partial charge in [-0.15, -0.1) is 0 Å². The summed E-state index contributed by atoms with van der Waals surface area (Å²) in [5, 5.41) is 10.5. The Bertz CT molecular complexity index is 690. The molecule has 0 unspecified atom stereocenters. The molecule has 0 saturated heterocycles. The Balaban J connectivity index is 1.76. The first-order valence-electron chi connectivity index (χ1n) is 5.79. The molecule has 0 bridgehead atoms. The van der Waals surface area contributed by atoms with E-state index in [-0.39, 0.29) is 24.8 Å². The number of rotatable bonds is 4. The molecule has 0 N–H and O–H groups in total. The molecule has 2 aromatic rings. The van der Waals surface area contributed by atoms with Gasteiger partial charge in [-0.05, 0) is 23.8 Å². The summed E-state index contributed by atoms with van der Waals surface area (Å²) >= 11 is 0. The molecule has 1 aliphatic heterocycles. The highest BCUT2D eigenvalue weighted by Crippen LogP contribution is 2.32. The Morgan fingerprint density at radius 3 is 2.75 bits per heavy atom. The Morgan fingerprint density at radius 1 is 1.20 bits per heavy atom. The number of hydrogen-bond acceptors (Lipinski definition) is 6. The van der Waals surface area contributed by atoms with Crippen LogP contribution in [-0.2, 0) is 6.42 Å². The molecule has 1 aliphatic rings. The first-order valence-corrected chi connectivity index (χ1v) is 5.79. The van der Waals surface area contributed by atoms with Crippen LogP contribution in [0.5, 0.6) is 11.5 Å². The van der Waals surface area contributed by atoms with E-state index >= 15 is 0 Å². The lowest BCUT2D eigenvalue weighted by Crippen LogP contribution is -2.02. The second-order valence-electron chi connectivity index (χ2n) is 4.18. The van der Waals surface area contributed by atoms with E-state index < -0.39 is 10.8 Å². The molecule has 0 atom stereocenters. The minimum absolute atomic E-state index is 0.0330. The highest BCUT2D eigenvalue weighted by atomic mass is 16.7. The number of hydrogen-bond donors (Lipinski definition) is 0. The van der Waals surface area contributed by atoms with Crippen molar-refractivity contribution in [3.8, 4) is 11.5 Å². The van der Waals surface area contributed by atoms with Crippen LogP contribution in [-0.4, -0.2) is 17.5 Å². The Kier molecular flexibility index (Phi) is 2.86. The fourth-order valence-corrected chi connectivity index (χ4v) is 1.90. The second-order valence-corrected chi connectivity index (χ2v) is 4.18.